The van der Waals surface area contributed by atoms with Crippen LogP contribution in [0.4, 0.5) is 0 Å². The standard InChI is InChI=1S/C32H43N3O5S/c1-10-16-34-27(37)22-23(28(34)38)32(18-19(2)3,29(39)40-31(7,8)9)35(24(22)25-33-15-17-41-25)26(36)20-11-13-21(14-12-20)30(4,5)6/h11-15,17,19,24,37-38H,10,16,18H2,1-9H3/t24-,32+/m1/s1. The molecule has 8 nitrogen and oxygen atoms in total. The van der Waals surface area contributed by atoms with Crippen molar-refractivity contribution in [3.8, 4) is 11.8 Å². The van der Waals surface area contributed by atoms with Crippen LogP contribution in [-0.2, 0) is 27.0 Å². The van der Waals surface area contributed by atoms with Crippen molar-refractivity contribution in [3.05, 3.63) is 63.1 Å². The molecule has 4 rings (SSSR count). The van der Waals surface area contributed by atoms with Crippen LogP contribution in [0.3, 0.4) is 0 Å². The molecule has 41 heavy (non-hydrogen) atoms. The van der Waals surface area contributed by atoms with E-state index in [9.17, 15) is 19.8 Å². The Labute approximate surface area is 247 Å². The second-order valence-corrected chi connectivity index (χ2v) is 14.2. The fourth-order valence-corrected chi connectivity index (χ4v) is 6.50. The van der Waals surface area contributed by atoms with Crippen molar-refractivity contribution < 1.29 is 24.5 Å². The van der Waals surface area contributed by atoms with Crippen LogP contribution in [-0.4, -0.2) is 42.1 Å². The number of thiazole rings is 1. The van der Waals surface area contributed by atoms with E-state index < -0.39 is 29.1 Å². The lowest BCUT2D eigenvalue weighted by Crippen LogP contribution is -2.54. The van der Waals surface area contributed by atoms with E-state index in [1.807, 2.05) is 32.9 Å². The first-order valence-corrected chi connectivity index (χ1v) is 15.1. The third kappa shape index (κ3) is 5.36. The van der Waals surface area contributed by atoms with Gasteiger partial charge in [-0.05, 0) is 62.6 Å². The van der Waals surface area contributed by atoms with E-state index in [1.54, 1.807) is 44.5 Å². The van der Waals surface area contributed by atoms with Gasteiger partial charge >= 0.3 is 5.97 Å². The second kappa shape index (κ2) is 10.8. The van der Waals surface area contributed by atoms with Crippen molar-refractivity contribution in [2.75, 3.05) is 0 Å². The van der Waals surface area contributed by atoms with Gasteiger partial charge in [-0.25, -0.2) is 9.78 Å². The Bertz CT molecular complexity index is 1410. The van der Waals surface area contributed by atoms with Gasteiger partial charge in [0.2, 0.25) is 5.88 Å². The molecule has 0 fully saturated rings. The van der Waals surface area contributed by atoms with Crippen LogP contribution in [0.15, 0.2) is 35.8 Å². The number of benzene rings is 1. The smallest absolute Gasteiger partial charge is 0.337 e. The summed E-state index contributed by atoms with van der Waals surface area (Å²) in [6, 6.07) is 6.50. The maximum Gasteiger partial charge on any atom is 0.337 e. The highest BCUT2D eigenvalue weighted by Crippen LogP contribution is 2.60. The molecule has 1 amide bonds. The van der Waals surface area contributed by atoms with E-state index >= 15 is 0 Å². The summed E-state index contributed by atoms with van der Waals surface area (Å²) in [5.74, 6) is -1.54. The van der Waals surface area contributed by atoms with Crippen LogP contribution in [0.25, 0.3) is 0 Å². The minimum Gasteiger partial charge on any atom is -0.494 e. The number of hydrogen-bond donors (Lipinski definition) is 2. The molecule has 0 radical (unpaired) electrons. The molecule has 1 aliphatic heterocycles. The van der Waals surface area contributed by atoms with Gasteiger partial charge in [-0.2, -0.15) is 0 Å². The molecule has 1 aromatic carbocycles. The molecule has 222 valence electrons. The van der Waals surface area contributed by atoms with Crippen LogP contribution in [0.2, 0.25) is 0 Å². The number of ether oxygens (including phenoxy) is 1. The molecular formula is C32H43N3O5S. The highest BCUT2D eigenvalue weighted by molar-refractivity contribution is 7.09. The van der Waals surface area contributed by atoms with Crippen molar-refractivity contribution in [2.45, 2.75) is 104 Å². The van der Waals surface area contributed by atoms with E-state index in [0.29, 0.717) is 29.1 Å². The molecular weight excluding hydrogens is 538 g/mol. The first kappa shape index (κ1) is 30.6. The summed E-state index contributed by atoms with van der Waals surface area (Å²) in [7, 11) is 0. The lowest BCUT2D eigenvalue weighted by Gasteiger charge is -2.42. The Morgan fingerprint density at radius 2 is 1.71 bits per heavy atom. The van der Waals surface area contributed by atoms with Crippen LogP contribution in [0, 0.1) is 5.92 Å². The summed E-state index contributed by atoms with van der Waals surface area (Å²) < 4.78 is 7.46. The molecule has 3 aromatic rings. The van der Waals surface area contributed by atoms with E-state index in [2.05, 4.69) is 25.8 Å². The molecule has 0 bridgehead atoms. The number of esters is 1. The minimum atomic E-state index is -1.71. The van der Waals surface area contributed by atoms with Gasteiger partial charge in [0.25, 0.3) is 5.91 Å². The quantitative estimate of drug-likeness (QED) is 0.294. The van der Waals surface area contributed by atoms with Gasteiger partial charge in [-0.15, -0.1) is 11.3 Å². The van der Waals surface area contributed by atoms with Gasteiger partial charge in [0.1, 0.15) is 16.7 Å². The zero-order valence-corrected chi connectivity index (χ0v) is 26.4. The second-order valence-electron chi connectivity index (χ2n) is 13.3. The summed E-state index contributed by atoms with van der Waals surface area (Å²) >= 11 is 1.33. The Morgan fingerprint density at radius 1 is 1.07 bits per heavy atom. The Morgan fingerprint density at radius 3 is 2.20 bits per heavy atom. The number of amides is 1. The predicted octanol–water partition coefficient (Wildman–Crippen LogP) is 6.89. The number of carbonyl (C=O) groups is 2. The molecule has 0 unspecified atom stereocenters. The predicted molar refractivity (Wildman–Crippen MR) is 160 cm³/mol. The van der Waals surface area contributed by atoms with Crippen LogP contribution >= 0.6 is 11.3 Å². The summed E-state index contributed by atoms with van der Waals surface area (Å²) in [5.41, 5.74) is -0.699. The van der Waals surface area contributed by atoms with Gasteiger partial charge in [0.15, 0.2) is 11.4 Å². The summed E-state index contributed by atoms with van der Waals surface area (Å²) in [6.07, 6.45) is 2.45. The highest BCUT2D eigenvalue weighted by atomic mass is 32.1. The fourth-order valence-electron chi connectivity index (χ4n) is 5.77. The van der Waals surface area contributed by atoms with Crippen molar-refractivity contribution in [3.63, 3.8) is 0 Å². The summed E-state index contributed by atoms with van der Waals surface area (Å²) in [4.78, 5) is 35.3. The largest absolute Gasteiger partial charge is 0.494 e. The zero-order chi connectivity index (χ0) is 30.5. The van der Waals surface area contributed by atoms with Crippen molar-refractivity contribution in [1.29, 1.82) is 0 Å². The lowest BCUT2D eigenvalue weighted by molar-refractivity contribution is -0.170. The molecule has 1 aliphatic rings. The third-order valence-corrected chi connectivity index (χ3v) is 8.22. The van der Waals surface area contributed by atoms with Crippen LogP contribution in [0.5, 0.6) is 11.8 Å². The average Bonchev–Trinajstić information content (AvgIpc) is 3.55. The van der Waals surface area contributed by atoms with Gasteiger partial charge in [0, 0.05) is 23.7 Å². The number of aromatic nitrogens is 2. The van der Waals surface area contributed by atoms with E-state index in [-0.39, 0.29) is 35.1 Å². The Balaban J connectivity index is 2.07. The highest BCUT2D eigenvalue weighted by Gasteiger charge is 2.64. The maximum atomic E-state index is 14.7. The zero-order valence-electron chi connectivity index (χ0n) is 25.6. The SMILES string of the molecule is CCCn1c(O)c2c(c1O)[C@@](CC(C)C)(C(=O)OC(C)(C)C)N(C(=O)c1ccc(C(C)(C)C)cc1)[C@H]2c1nccs1. The van der Waals surface area contributed by atoms with Gasteiger partial charge < -0.3 is 19.8 Å². The number of nitrogens with zero attached hydrogens (tertiary/aromatic N) is 3. The monoisotopic (exact) mass is 581 g/mol. The van der Waals surface area contributed by atoms with Crippen LogP contribution in [0.1, 0.15) is 113 Å². The fraction of sp³-hybridized carbons (Fsp3) is 0.531. The molecule has 2 N–H and O–H groups in total. The first-order chi connectivity index (χ1) is 19.0. The van der Waals surface area contributed by atoms with Crippen molar-refractivity contribution in [2.24, 2.45) is 5.92 Å². The van der Waals surface area contributed by atoms with E-state index in [4.69, 9.17) is 4.74 Å². The molecule has 2 atom stereocenters. The normalized spacial score (nSPS) is 19.1. The number of hydrogen-bond acceptors (Lipinski definition) is 7. The summed E-state index contributed by atoms with van der Waals surface area (Å²) in [6.45, 7) is 17.8. The molecule has 9 heteroatoms. The van der Waals surface area contributed by atoms with E-state index in [1.165, 1.54) is 20.8 Å². The van der Waals surface area contributed by atoms with Crippen molar-refractivity contribution in [1.82, 2.24) is 14.5 Å². The van der Waals surface area contributed by atoms with Gasteiger partial charge in [-0.1, -0.05) is 53.7 Å². The number of rotatable bonds is 7. The average molecular weight is 582 g/mol. The molecule has 0 saturated carbocycles. The number of carbonyl (C=O) groups excluding carboxylic acids is 2. The Kier molecular flexibility index (Phi) is 8.08. The maximum absolute atomic E-state index is 14.7. The van der Waals surface area contributed by atoms with E-state index in [0.717, 1.165) is 5.56 Å². The van der Waals surface area contributed by atoms with Gasteiger partial charge in [0.05, 0.1) is 11.1 Å². The third-order valence-electron chi connectivity index (χ3n) is 7.39. The first-order valence-electron chi connectivity index (χ1n) is 14.3. The molecule has 0 saturated heterocycles. The molecule has 2 aromatic heterocycles. The molecule has 0 spiro atoms. The molecule has 0 aliphatic carbocycles. The summed E-state index contributed by atoms with van der Waals surface area (Å²) in [5, 5.41) is 25.6. The number of fused-ring (bicyclic) bond motifs is 1. The van der Waals surface area contributed by atoms with Crippen LogP contribution < -0.4 is 0 Å². The lowest BCUT2D eigenvalue weighted by atomic mass is 9.82. The molecule has 3 heterocycles. The van der Waals surface area contributed by atoms with Gasteiger partial charge in [-0.3, -0.25) is 9.36 Å². The minimum absolute atomic E-state index is 0.0833. The Hall–Kier alpha value is -3.33. The number of aromatic hydroxyl groups is 2. The topological polar surface area (TPSA) is 105 Å². The van der Waals surface area contributed by atoms with Crippen molar-refractivity contribution >= 4 is 23.2 Å².